The summed E-state index contributed by atoms with van der Waals surface area (Å²) in [4.78, 5) is 31.8. The number of fused-ring (bicyclic) bond motifs is 4. The third-order valence-electron chi connectivity index (χ3n) is 9.53. The molecule has 2 fully saturated rings. The van der Waals surface area contributed by atoms with Crippen molar-refractivity contribution in [3.63, 3.8) is 0 Å². The second kappa shape index (κ2) is 6.71. The number of hydrogen-bond donors (Lipinski definition) is 0. The minimum atomic E-state index is -0.184. The maximum absolute atomic E-state index is 13.8. The van der Waals surface area contributed by atoms with Gasteiger partial charge < -0.3 is 4.90 Å². The van der Waals surface area contributed by atoms with Crippen LogP contribution in [0.2, 0.25) is 0 Å². The first-order valence-electron chi connectivity index (χ1n) is 13.0. The molecule has 0 saturated heterocycles. The van der Waals surface area contributed by atoms with Crippen LogP contribution in [0.25, 0.3) is 10.8 Å². The summed E-state index contributed by atoms with van der Waals surface area (Å²) >= 11 is 0. The Morgan fingerprint density at radius 1 is 0.706 bits per heavy atom. The molecule has 4 atom stereocenters. The third kappa shape index (κ3) is 2.39. The van der Waals surface area contributed by atoms with Gasteiger partial charge in [-0.2, -0.15) is 0 Å². The maximum atomic E-state index is 13.8. The zero-order valence-corrected chi connectivity index (χ0v) is 19.3. The van der Waals surface area contributed by atoms with Crippen LogP contribution >= 0.6 is 0 Å². The van der Waals surface area contributed by atoms with Crippen LogP contribution in [0.4, 0.5) is 11.4 Å². The van der Waals surface area contributed by atoms with Gasteiger partial charge in [-0.1, -0.05) is 37.1 Å². The van der Waals surface area contributed by atoms with Crippen molar-refractivity contribution in [2.75, 3.05) is 22.9 Å². The Bertz CT molecular complexity index is 1310. The number of nitrogens with zero attached hydrogens (tertiary/aromatic N) is 2. The average molecular weight is 449 g/mol. The zero-order valence-electron chi connectivity index (χ0n) is 19.3. The highest BCUT2D eigenvalue weighted by molar-refractivity contribution is 6.35. The predicted molar refractivity (Wildman–Crippen MR) is 134 cm³/mol. The number of anilines is 2. The summed E-state index contributed by atoms with van der Waals surface area (Å²) in [7, 11) is 0. The quantitative estimate of drug-likeness (QED) is 0.414. The monoisotopic (exact) mass is 448 g/mol. The molecule has 0 aromatic heterocycles. The van der Waals surface area contributed by atoms with Gasteiger partial charge in [-0.25, -0.2) is 4.90 Å². The predicted octanol–water partition coefficient (Wildman–Crippen LogP) is 6.24. The largest absolute Gasteiger partial charge is 0.370 e. The molecule has 3 heterocycles. The van der Waals surface area contributed by atoms with E-state index in [4.69, 9.17) is 0 Å². The molecule has 3 aliphatic heterocycles. The lowest BCUT2D eigenvalue weighted by atomic mass is 9.75. The normalized spacial score (nSPS) is 28.8. The molecule has 0 radical (unpaired) electrons. The van der Waals surface area contributed by atoms with Crippen LogP contribution in [0, 0.1) is 11.8 Å². The summed E-state index contributed by atoms with van der Waals surface area (Å²) in [6, 6.07) is 16.0. The first kappa shape index (κ1) is 19.2. The highest BCUT2D eigenvalue weighted by Gasteiger charge is 2.45. The van der Waals surface area contributed by atoms with Gasteiger partial charge in [0.1, 0.15) is 0 Å². The minimum absolute atomic E-state index is 0.184. The van der Waals surface area contributed by atoms with Gasteiger partial charge in [-0.15, -0.1) is 0 Å². The Morgan fingerprint density at radius 3 is 1.82 bits per heavy atom. The summed E-state index contributed by atoms with van der Waals surface area (Å²) in [5.74, 6) is 2.17. The lowest BCUT2D eigenvalue weighted by Gasteiger charge is -2.47. The Kier molecular flexibility index (Phi) is 3.79. The molecule has 8 rings (SSSR count). The van der Waals surface area contributed by atoms with Crippen molar-refractivity contribution in [1.29, 1.82) is 0 Å². The Morgan fingerprint density at radius 2 is 1.26 bits per heavy atom. The number of carbonyl (C=O) groups is 2. The smallest absolute Gasteiger partial charge is 0.265 e. The lowest BCUT2D eigenvalue weighted by molar-refractivity contribution is 0.0893. The van der Waals surface area contributed by atoms with Gasteiger partial charge in [-0.05, 0) is 90.1 Å². The number of benzene rings is 3. The van der Waals surface area contributed by atoms with Crippen LogP contribution in [-0.4, -0.2) is 24.9 Å². The number of carbonyl (C=O) groups excluding carboxylic acids is 2. The number of hydrogen-bond acceptors (Lipinski definition) is 3. The van der Waals surface area contributed by atoms with E-state index in [-0.39, 0.29) is 11.8 Å². The van der Waals surface area contributed by atoms with E-state index in [9.17, 15) is 9.59 Å². The minimum Gasteiger partial charge on any atom is -0.370 e. The molecule has 4 unspecified atom stereocenters. The fraction of sp³-hybridized carbons (Fsp3) is 0.400. The van der Waals surface area contributed by atoms with E-state index in [0.29, 0.717) is 34.8 Å². The van der Waals surface area contributed by atoms with E-state index in [2.05, 4.69) is 17.0 Å². The number of rotatable bonds is 1. The first-order valence-corrected chi connectivity index (χ1v) is 13.0. The molecule has 34 heavy (non-hydrogen) atoms. The summed E-state index contributed by atoms with van der Waals surface area (Å²) in [6.45, 7) is 2.37. The van der Waals surface area contributed by atoms with Gasteiger partial charge in [0, 0.05) is 35.3 Å². The van der Waals surface area contributed by atoms with Gasteiger partial charge in [0.15, 0.2) is 0 Å². The lowest BCUT2D eigenvalue weighted by Crippen LogP contribution is -2.44. The van der Waals surface area contributed by atoms with E-state index in [1.54, 1.807) is 0 Å². The first-order chi connectivity index (χ1) is 16.7. The van der Waals surface area contributed by atoms with Crippen molar-refractivity contribution in [1.82, 2.24) is 0 Å². The molecule has 5 aliphatic rings. The zero-order chi connectivity index (χ0) is 22.6. The molecule has 0 bridgehead atoms. The van der Waals surface area contributed by atoms with E-state index in [1.807, 2.05) is 36.4 Å². The van der Waals surface area contributed by atoms with Crippen molar-refractivity contribution < 1.29 is 9.59 Å². The second-order valence-corrected chi connectivity index (χ2v) is 11.1. The Labute approximate surface area is 199 Å². The van der Waals surface area contributed by atoms with Crippen molar-refractivity contribution >= 4 is 34.0 Å². The van der Waals surface area contributed by atoms with Crippen molar-refractivity contribution in [3.05, 3.63) is 70.8 Å². The maximum Gasteiger partial charge on any atom is 0.265 e. The molecule has 3 aromatic carbocycles. The van der Waals surface area contributed by atoms with Crippen LogP contribution in [0.15, 0.2) is 48.5 Å². The summed E-state index contributed by atoms with van der Waals surface area (Å²) in [6.07, 6.45) is 7.62. The van der Waals surface area contributed by atoms with Crippen LogP contribution in [-0.2, 0) is 0 Å². The molecule has 2 saturated carbocycles. The van der Waals surface area contributed by atoms with Crippen molar-refractivity contribution in [2.24, 2.45) is 11.8 Å². The van der Waals surface area contributed by atoms with Gasteiger partial charge >= 0.3 is 0 Å². The molecule has 4 nitrogen and oxygen atoms in total. The summed E-state index contributed by atoms with van der Waals surface area (Å²) < 4.78 is 0. The van der Waals surface area contributed by atoms with Gasteiger partial charge in [-0.3, -0.25) is 9.59 Å². The molecule has 3 aromatic rings. The van der Waals surface area contributed by atoms with E-state index in [0.717, 1.165) is 16.5 Å². The molecule has 2 aliphatic carbocycles. The number of amides is 2. The molecule has 170 valence electrons. The molecular weight excluding hydrogens is 420 g/mol. The Balaban J connectivity index is 1.35. The molecule has 2 amide bonds. The molecule has 0 spiro atoms. The highest BCUT2D eigenvalue weighted by atomic mass is 16.2. The fourth-order valence-corrected chi connectivity index (χ4v) is 8.14. The van der Waals surface area contributed by atoms with Crippen LogP contribution in [0.1, 0.15) is 82.2 Å². The standard InChI is InChI=1S/C30H28N2O2/c33-29-23-11-1-5-17-6-2-12-24(27(17)23)30(34)32(29)20-13-25-21-9-3-7-18(21)15-31-16-19-8-4-10-22(19)26(14-20)28(25)31/h1-2,5-6,11-14,18-19,21-22H,3-4,7-10,15-16H2. The van der Waals surface area contributed by atoms with Gasteiger partial charge in [0.05, 0.1) is 5.69 Å². The second-order valence-electron chi connectivity index (χ2n) is 11.1. The van der Waals surface area contributed by atoms with Crippen molar-refractivity contribution in [2.45, 2.75) is 50.4 Å². The molecule has 0 N–H and O–H groups in total. The third-order valence-corrected chi connectivity index (χ3v) is 9.53. The highest BCUT2D eigenvalue weighted by Crippen LogP contribution is 2.57. The van der Waals surface area contributed by atoms with E-state index in [1.165, 1.54) is 73.3 Å². The SMILES string of the molecule is O=C1c2cccc3cccc(c23)C(=O)N1c1cc2c3c(c1)C1CCCC1CN3CC1CCCC21. The fourth-order valence-electron chi connectivity index (χ4n) is 8.14. The topological polar surface area (TPSA) is 40.6 Å². The van der Waals surface area contributed by atoms with E-state index < -0.39 is 0 Å². The average Bonchev–Trinajstić information content (AvgIpc) is 3.52. The van der Waals surface area contributed by atoms with Gasteiger partial charge in [0.2, 0.25) is 0 Å². The molecule has 4 heteroatoms. The summed E-state index contributed by atoms with van der Waals surface area (Å²) in [5.41, 5.74) is 6.33. The van der Waals surface area contributed by atoms with E-state index >= 15 is 0 Å². The van der Waals surface area contributed by atoms with Crippen LogP contribution < -0.4 is 9.80 Å². The number of imide groups is 1. The Hall–Kier alpha value is -3.14. The van der Waals surface area contributed by atoms with Crippen LogP contribution in [0.3, 0.4) is 0 Å². The summed E-state index contributed by atoms with van der Waals surface area (Å²) in [5, 5.41) is 1.75. The van der Waals surface area contributed by atoms with Crippen LogP contribution in [0.5, 0.6) is 0 Å². The van der Waals surface area contributed by atoms with Gasteiger partial charge in [0.25, 0.3) is 11.8 Å². The van der Waals surface area contributed by atoms with Crippen molar-refractivity contribution in [3.8, 4) is 0 Å². The molecular formula is C30H28N2O2.